The minimum Gasteiger partial charge on any atom is -0.345 e. The Morgan fingerprint density at radius 3 is 1.46 bits per heavy atom. The van der Waals surface area contributed by atoms with Crippen LogP contribution in [0.5, 0.6) is 0 Å². The number of quaternary nitrogens is 1. The molecule has 78 valence electrons. The quantitative estimate of drug-likeness (QED) is 0.325. The van der Waals surface area contributed by atoms with Gasteiger partial charge in [0.05, 0.1) is 0 Å². The fourth-order valence-corrected chi connectivity index (χ4v) is 1.62. The molecule has 0 bridgehead atoms. The summed E-state index contributed by atoms with van der Waals surface area (Å²) < 4.78 is -0.191. The highest BCUT2D eigenvalue weighted by Gasteiger charge is 2.41. The molecule has 0 saturated heterocycles. The average molecular weight is 190 g/mol. The maximum atomic E-state index is 9.54. The van der Waals surface area contributed by atoms with Crippen LogP contribution in [0.15, 0.2) is 12.7 Å². The Morgan fingerprint density at radius 2 is 1.38 bits per heavy atom. The van der Waals surface area contributed by atoms with Crippen molar-refractivity contribution in [3.63, 3.8) is 0 Å². The Balaban J connectivity index is 4.92. The maximum absolute atomic E-state index is 9.54. The van der Waals surface area contributed by atoms with E-state index in [-0.39, 0.29) is 4.48 Å². The molecule has 0 aliphatic heterocycles. The van der Waals surface area contributed by atoms with Crippen molar-refractivity contribution < 1.29 is 19.8 Å². The van der Waals surface area contributed by atoms with Gasteiger partial charge in [-0.2, -0.15) is 0 Å². The highest BCUT2D eigenvalue weighted by Crippen LogP contribution is 2.20. The van der Waals surface area contributed by atoms with Crippen LogP contribution in [0.1, 0.15) is 20.8 Å². The number of aliphatic hydroxyl groups is 3. The molecule has 3 atom stereocenters. The van der Waals surface area contributed by atoms with E-state index < -0.39 is 18.7 Å². The van der Waals surface area contributed by atoms with Gasteiger partial charge < -0.3 is 15.3 Å². The largest absolute Gasteiger partial charge is 0.345 e. The minimum atomic E-state index is -0.835. The molecule has 0 spiro atoms. The fourth-order valence-electron chi connectivity index (χ4n) is 1.62. The van der Waals surface area contributed by atoms with Crippen LogP contribution in [0.4, 0.5) is 0 Å². The number of aliphatic hydroxyl groups excluding tert-OH is 3. The zero-order valence-electron chi connectivity index (χ0n) is 8.51. The highest BCUT2D eigenvalue weighted by atomic mass is 16.4. The molecule has 13 heavy (non-hydrogen) atoms. The van der Waals surface area contributed by atoms with E-state index in [9.17, 15) is 15.3 Å². The van der Waals surface area contributed by atoms with E-state index in [2.05, 4.69) is 6.58 Å². The molecule has 0 aliphatic rings. The van der Waals surface area contributed by atoms with Crippen molar-refractivity contribution in [3.05, 3.63) is 12.7 Å². The second kappa shape index (κ2) is 4.72. The summed E-state index contributed by atoms with van der Waals surface area (Å²) in [6.45, 7) is 8.50. The first-order valence-electron chi connectivity index (χ1n) is 4.41. The first kappa shape index (κ1) is 12.6. The van der Waals surface area contributed by atoms with E-state index in [1.165, 1.54) is 0 Å². The zero-order valence-corrected chi connectivity index (χ0v) is 8.51. The number of rotatable bonds is 5. The molecule has 3 N–H and O–H groups in total. The molecule has 0 fully saturated rings. The first-order chi connectivity index (χ1) is 5.89. The lowest BCUT2D eigenvalue weighted by molar-refractivity contribution is -1.04. The van der Waals surface area contributed by atoms with Gasteiger partial charge in [-0.05, 0) is 6.08 Å². The number of nitrogens with zero attached hydrogens (tertiary/aromatic N) is 1. The van der Waals surface area contributed by atoms with Crippen LogP contribution >= 0.6 is 0 Å². The molecule has 0 saturated carbocycles. The summed E-state index contributed by atoms with van der Waals surface area (Å²) in [7, 11) is 0. The lowest BCUT2D eigenvalue weighted by Crippen LogP contribution is -2.64. The van der Waals surface area contributed by atoms with E-state index >= 15 is 0 Å². The van der Waals surface area contributed by atoms with Crippen LogP contribution < -0.4 is 0 Å². The van der Waals surface area contributed by atoms with E-state index in [0.29, 0.717) is 6.54 Å². The van der Waals surface area contributed by atoms with Gasteiger partial charge in [-0.25, -0.2) is 4.48 Å². The Hall–Kier alpha value is -0.420. The van der Waals surface area contributed by atoms with Gasteiger partial charge in [0.15, 0.2) is 18.7 Å². The van der Waals surface area contributed by atoms with E-state index in [0.717, 1.165) is 0 Å². The SMILES string of the molecule is C=CC[N+](C(C)O)(C(C)O)C(C)O. The fraction of sp³-hybridized carbons (Fsp3) is 0.778. The Morgan fingerprint density at radius 1 is 1.08 bits per heavy atom. The van der Waals surface area contributed by atoms with Crippen LogP contribution in [0, 0.1) is 0 Å². The standard InChI is InChI=1S/C9H20NO3/c1-5-6-10(7(2)11,8(3)12)9(4)13/h5,7-9,11-13H,1,6H2,2-4H3/q+1. The smallest absolute Gasteiger partial charge is 0.191 e. The van der Waals surface area contributed by atoms with Crippen molar-refractivity contribution in [1.82, 2.24) is 0 Å². The van der Waals surface area contributed by atoms with E-state index in [1.54, 1.807) is 26.8 Å². The normalized spacial score (nSPS) is 22.9. The molecule has 0 rings (SSSR count). The molecule has 0 amide bonds. The van der Waals surface area contributed by atoms with Crippen LogP contribution in [0.25, 0.3) is 0 Å². The summed E-state index contributed by atoms with van der Waals surface area (Å²) in [5, 5.41) is 28.6. The summed E-state index contributed by atoms with van der Waals surface area (Å²) in [6.07, 6.45) is -0.930. The van der Waals surface area contributed by atoms with Crippen molar-refractivity contribution in [2.24, 2.45) is 0 Å². The van der Waals surface area contributed by atoms with E-state index in [4.69, 9.17) is 0 Å². The molecule has 0 radical (unpaired) electrons. The topological polar surface area (TPSA) is 60.7 Å². The van der Waals surface area contributed by atoms with Crippen LogP contribution in [0.2, 0.25) is 0 Å². The van der Waals surface area contributed by atoms with Crippen molar-refractivity contribution in [2.75, 3.05) is 6.54 Å². The molecule has 0 aliphatic carbocycles. The summed E-state index contributed by atoms with van der Waals surface area (Å²) in [4.78, 5) is 0. The summed E-state index contributed by atoms with van der Waals surface area (Å²) in [5.74, 6) is 0. The lowest BCUT2D eigenvalue weighted by atomic mass is 10.2. The van der Waals surface area contributed by atoms with Crippen molar-refractivity contribution >= 4 is 0 Å². The van der Waals surface area contributed by atoms with Gasteiger partial charge in [-0.3, -0.25) is 0 Å². The predicted octanol–water partition coefficient (Wildman–Crippen LogP) is 0.00410. The second-order valence-electron chi connectivity index (χ2n) is 3.36. The van der Waals surface area contributed by atoms with Crippen molar-refractivity contribution in [3.8, 4) is 0 Å². The maximum Gasteiger partial charge on any atom is 0.191 e. The highest BCUT2D eigenvalue weighted by molar-refractivity contribution is 4.67. The van der Waals surface area contributed by atoms with Gasteiger partial charge in [0.25, 0.3) is 0 Å². The summed E-state index contributed by atoms with van der Waals surface area (Å²) in [5.41, 5.74) is 0. The molecular weight excluding hydrogens is 170 g/mol. The Kier molecular flexibility index (Phi) is 4.56. The predicted molar refractivity (Wildman–Crippen MR) is 50.4 cm³/mol. The number of hydrogen-bond donors (Lipinski definition) is 3. The van der Waals surface area contributed by atoms with Gasteiger partial charge in [-0.15, -0.1) is 0 Å². The molecule has 0 aromatic heterocycles. The molecule has 4 heteroatoms. The first-order valence-corrected chi connectivity index (χ1v) is 4.41. The van der Waals surface area contributed by atoms with Gasteiger partial charge in [-0.1, -0.05) is 6.58 Å². The van der Waals surface area contributed by atoms with Crippen LogP contribution in [-0.2, 0) is 0 Å². The summed E-state index contributed by atoms with van der Waals surface area (Å²) >= 11 is 0. The molecule has 0 aromatic carbocycles. The Bertz CT molecular complexity index is 144. The van der Waals surface area contributed by atoms with Gasteiger partial charge >= 0.3 is 0 Å². The van der Waals surface area contributed by atoms with Crippen molar-refractivity contribution in [1.29, 1.82) is 0 Å². The minimum absolute atomic E-state index is 0.191. The van der Waals surface area contributed by atoms with Crippen LogP contribution in [0.3, 0.4) is 0 Å². The van der Waals surface area contributed by atoms with Crippen molar-refractivity contribution in [2.45, 2.75) is 39.5 Å². The van der Waals surface area contributed by atoms with Gasteiger partial charge in [0.2, 0.25) is 0 Å². The van der Waals surface area contributed by atoms with Crippen LogP contribution in [-0.4, -0.2) is 45.0 Å². The van der Waals surface area contributed by atoms with Gasteiger partial charge in [0, 0.05) is 20.8 Å². The molecule has 0 aromatic rings. The molecule has 3 unspecified atom stereocenters. The zero-order chi connectivity index (χ0) is 10.6. The third kappa shape index (κ3) is 2.28. The molecule has 4 nitrogen and oxygen atoms in total. The second-order valence-corrected chi connectivity index (χ2v) is 3.36. The lowest BCUT2D eigenvalue weighted by Gasteiger charge is -2.44. The Labute approximate surface area is 79.3 Å². The third-order valence-electron chi connectivity index (χ3n) is 2.53. The third-order valence-corrected chi connectivity index (χ3v) is 2.53. The molecular formula is C9H20NO3+. The molecule has 0 heterocycles. The average Bonchev–Trinajstić information content (AvgIpc) is 1.97. The summed E-state index contributed by atoms with van der Waals surface area (Å²) in [6, 6.07) is 0. The van der Waals surface area contributed by atoms with Gasteiger partial charge in [0.1, 0.15) is 6.54 Å². The number of hydrogen-bond acceptors (Lipinski definition) is 3. The monoisotopic (exact) mass is 190 g/mol. The van der Waals surface area contributed by atoms with E-state index in [1.807, 2.05) is 0 Å².